The van der Waals surface area contributed by atoms with Gasteiger partial charge in [0, 0.05) is 12.2 Å². The van der Waals surface area contributed by atoms with Crippen molar-refractivity contribution in [2.24, 2.45) is 0 Å². The van der Waals surface area contributed by atoms with Crippen molar-refractivity contribution in [2.75, 3.05) is 30.2 Å². The van der Waals surface area contributed by atoms with Gasteiger partial charge in [-0.1, -0.05) is 23.8 Å². The SMILES string of the molecule is Cc1ccc(NC(=O)CSCC(=O)NCCc2ccc3c(c2)OCO3)cc1. The van der Waals surface area contributed by atoms with Gasteiger partial charge in [-0.3, -0.25) is 9.59 Å². The molecule has 1 heterocycles. The van der Waals surface area contributed by atoms with Gasteiger partial charge < -0.3 is 20.1 Å². The molecule has 2 aromatic rings. The average Bonchev–Trinajstić information content (AvgIpc) is 3.11. The molecule has 0 atom stereocenters. The first-order chi connectivity index (χ1) is 13.1. The predicted molar refractivity (Wildman–Crippen MR) is 106 cm³/mol. The highest BCUT2D eigenvalue weighted by Gasteiger charge is 2.13. The lowest BCUT2D eigenvalue weighted by Gasteiger charge is -2.07. The van der Waals surface area contributed by atoms with Gasteiger partial charge in [-0.15, -0.1) is 11.8 Å². The number of hydrogen-bond donors (Lipinski definition) is 2. The van der Waals surface area contributed by atoms with E-state index in [1.54, 1.807) is 0 Å². The van der Waals surface area contributed by atoms with Crippen molar-refractivity contribution in [1.82, 2.24) is 5.32 Å². The summed E-state index contributed by atoms with van der Waals surface area (Å²) < 4.78 is 10.6. The molecule has 1 aliphatic rings. The fraction of sp³-hybridized carbons (Fsp3) is 0.300. The molecular formula is C20H22N2O4S. The van der Waals surface area contributed by atoms with E-state index in [0.29, 0.717) is 13.0 Å². The third-order valence-corrected chi connectivity index (χ3v) is 4.91. The van der Waals surface area contributed by atoms with Crippen LogP contribution in [0.2, 0.25) is 0 Å². The number of carbonyl (C=O) groups excluding carboxylic acids is 2. The predicted octanol–water partition coefficient (Wildman–Crippen LogP) is 2.75. The van der Waals surface area contributed by atoms with Crippen LogP contribution < -0.4 is 20.1 Å². The molecule has 142 valence electrons. The van der Waals surface area contributed by atoms with Gasteiger partial charge in [-0.2, -0.15) is 0 Å². The number of anilines is 1. The molecule has 2 N–H and O–H groups in total. The summed E-state index contributed by atoms with van der Waals surface area (Å²) in [4.78, 5) is 23.8. The third-order valence-electron chi connectivity index (χ3n) is 3.97. The second kappa shape index (κ2) is 9.32. The summed E-state index contributed by atoms with van der Waals surface area (Å²) in [5.41, 5.74) is 2.98. The summed E-state index contributed by atoms with van der Waals surface area (Å²) in [6.07, 6.45) is 0.709. The van der Waals surface area contributed by atoms with Gasteiger partial charge >= 0.3 is 0 Å². The molecule has 0 saturated carbocycles. The molecule has 0 spiro atoms. The lowest BCUT2D eigenvalue weighted by molar-refractivity contribution is -0.118. The quantitative estimate of drug-likeness (QED) is 0.730. The highest BCUT2D eigenvalue weighted by Crippen LogP contribution is 2.32. The van der Waals surface area contributed by atoms with Gasteiger partial charge in [0.1, 0.15) is 0 Å². The fourth-order valence-corrected chi connectivity index (χ4v) is 3.21. The number of benzene rings is 2. The zero-order chi connectivity index (χ0) is 19.1. The van der Waals surface area contributed by atoms with E-state index < -0.39 is 0 Å². The monoisotopic (exact) mass is 386 g/mol. The average molecular weight is 386 g/mol. The van der Waals surface area contributed by atoms with Crippen LogP contribution in [0.15, 0.2) is 42.5 Å². The van der Waals surface area contributed by atoms with Crippen molar-refractivity contribution in [2.45, 2.75) is 13.3 Å². The Bertz CT molecular complexity index is 808. The Kier molecular flexibility index (Phi) is 6.59. The molecule has 6 nitrogen and oxygen atoms in total. The number of ether oxygens (including phenoxy) is 2. The standard InChI is InChI=1S/C20H22N2O4S/c1-14-2-5-16(6-3-14)22-20(24)12-27-11-19(23)21-9-8-15-4-7-17-18(10-15)26-13-25-17/h2-7,10H,8-9,11-13H2,1H3,(H,21,23)(H,22,24). The second-order valence-electron chi connectivity index (χ2n) is 6.19. The highest BCUT2D eigenvalue weighted by atomic mass is 32.2. The molecule has 0 radical (unpaired) electrons. The number of aryl methyl sites for hydroxylation is 1. The van der Waals surface area contributed by atoms with Crippen LogP contribution in [0, 0.1) is 6.92 Å². The summed E-state index contributed by atoms with van der Waals surface area (Å²) in [5.74, 6) is 1.80. The van der Waals surface area contributed by atoms with E-state index in [9.17, 15) is 9.59 Å². The number of rotatable bonds is 8. The third kappa shape index (κ3) is 5.92. The van der Waals surface area contributed by atoms with Crippen LogP contribution >= 0.6 is 11.8 Å². The first-order valence-electron chi connectivity index (χ1n) is 8.69. The molecule has 0 unspecified atom stereocenters. The molecule has 0 bridgehead atoms. The molecule has 0 saturated heterocycles. The minimum atomic E-state index is -0.114. The van der Waals surface area contributed by atoms with Crippen molar-refractivity contribution in [3.05, 3.63) is 53.6 Å². The van der Waals surface area contributed by atoms with Crippen molar-refractivity contribution in [3.8, 4) is 11.5 Å². The highest BCUT2D eigenvalue weighted by molar-refractivity contribution is 8.00. The second-order valence-corrected chi connectivity index (χ2v) is 7.18. The fourth-order valence-electron chi connectivity index (χ4n) is 2.56. The van der Waals surface area contributed by atoms with Crippen LogP contribution in [0.3, 0.4) is 0 Å². The number of nitrogens with one attached hydrogen (secondary N) is 2. The van der Waals surface area contributed by atoms with E-state index in [0.717, 1.165) is 28.3 Å². The molecule has 2 amide bonds. The number of thioether (sulfide) groups is 1. The van der Waals surface area contributed by atoms with E-state index in [-0.39, 0.29) is 30.1 Å². The molecule has 0 fully saturated rings. The normalized spacial score (nSPS) is 11.9. The van der Waals surface area contributed by atoms with E-state index in [1.165, 1.54) is 11.8 Å². The van der Waals surface area contributed by atoms with Gasteiger partial charge in [-0.05, 0) is 43.2 Å². The maximum Gasteiger partial charge on any atom is 0.234 e. The van der Waals surface area contributed by atoms with E-state index in [2.05, 4.69) is 10.6 Å². The van der Waals surface area contributed by atoms with Crippen molar-refractivity contribution >= 4 is 29.3 Å². The van der Waals surface area contributed by atoms with E-state index in [4.69, 9.17) is 9.47 Å². The van der Waals surface area contributed by atoms with Crippen LogP contribution in [-0.4, -0.2) is 36.7 Å². The van der Waals surface area contributed by atoms with Crippen LogP contribution in [-0.2, 0) is 16.0 Å². The lowest BCUT2D eigenvalue weighted by atomic mass is 10.1. The lowest BCUT2D eigenvalue weighted by Crippen LogP contribution is -2.28. The van der Waals surface area contributed by atoms with E-state index in [1.807, 2.05) is 49.4 Å². The van der Waals surface area contributed by atoms with Crippen molar-refractivity contribution < 1.29 is 19.1 Å². The Hall–Kier alpha value is -2.67. The molecule has 2 aromatic carbocycles. The smallest absolute Gasteiger partial charge is 0.234 e. The maximum absolute atomic E-state index is 11.9. The molecule has 0 aromatic heterocycles. The van der Waals surface area contributed by atoms with Crippen LogP contribution in [0.25, 0.3) is 0 Å². The Morgan fingerprint density at radius 2 is 1.74 bits per heavy atom. The first-order valence-corrected chi connectivity index (χ1v) is 9.85. The molecule has 27 heavy (non-hydrogen) atoms. The zero-order valence-corrected chi connectivity index (χ0v) is 15.9. The molecule has 1 aliphatic heterocycles. The summed E-state index contributed by atoms with van der Waals surface area (Å²) in [7, 11) is 0. The zero-order valence-electron chi connectivity index (χ0n) is 15.1. The van der Waals surface area contributed by atoms with Gasteiger partial charge in [0.05, 0.1) is 11.5 Å². The molecule has 7 heteroatoms. The number of fused-ring (bicyclic) bond motifs is 1. The topological polar surface area (TPSA) is 76.7 Å². The van der Waals surface area contributed by atoms with Gasteiger partial charge in [-0.25, -0.2) is 0 Å². The molecule has 3 rings (SSSR count). The van der Waals surface area contributed by atoms with Gasteiger partial charge in [0.2, 0.25) is 18.6 Å². The number of carbonyl (C=O) groups is 2. The minimum Gasteiger partial charge on any atom is -0.454 e. The van der Waals surface area contributed by atoms with Crippen LogP contribution in [0.4, 0.5) is 5.69 Å². The van der Waals surface area contributed by atoms with Gasteiger partial charge in [0.15, 0.2) is 11.5 Å². The first kappa shape index (κ1) is 19.1. The molecule has 0 aliphatic carbocycles. The van der Waals surface area contributed by atoms with Crippen LogP contribution in [0.5, 0.6) is 11.5 Å². The Morgan fingerprint density at radius 1 is 1.00 bits per heavy atom. The largest absolute Gasteiger partial charge is 0.454 e. The van der Waals surface area contributed by atoms with Crippen molar-refractivity contribution in [1.29, 1.82) is 0 Å². The Morgan fingerprint density at radius 3 is 2.56 bits per heavy atom. The van der Waals surface area contributed by atoms with E-state index >= 15 is 0 Å². The summed E-state index contributed by atoms with van der Waals surface area (Å²) >= 11 is 1.29. The summed E-state index contributed by atoms with van der Waals surface area (Å²) in [6, 6.07) is 13.4. The Balaban J connectivity index is 1.30. The van der Waals surface area contributed by atoms with Gasteiger partial charge in [0.25, 0.3) is 0 Å². The summed E-state index contributed by atoms with van der Waals surface area (Å²) in [5, 5.41) is 5.68. The number of amides is 2. The Labute approximate surface area is 162 Å². The molecular weight excluding hydrogens is 364 g/mol. The maximum atomic E-state index is 11.9. The van der Waals surface area contributed by atoms with Crippen molar-refractivity contribution in [3.63, 3.8) is 0 Å². The summed E-state index contributed by atoms with van der Waals surface area (Å²) in [6.45, 7) is 2.78. The minimum absolute atomic E-state index is 0.0797. The number of hydrogen-bond acceptors (Lipinski definition) is 5. The van der Waals surface area contributed by atoms with Crippen LogP contribution in [0.1, 0.15) is 11.1 Å².